The molecule has 1 amide bonds. The molecule has 1 saturated heterocycles. The van der Waals surface area contributed by atoms with Crippen LogP contribution in [0.25, 0.3) is 10.6 Å². The van der Waals surface area contributed by atoms with Gasteiger partial charge in [0.1, 0.15) is 15.6 Å². The number of fused-ring (bicyclic) bond motifs is 1. The first-order valence-corrected chi connectivity index (χ1v) is 14.0. The smallest absolute Gasteiger partial charge is 0.266 e. The Hall–Kier alpha value is -3.18. The fourth-order valence-electron chi connectivity index (χ4n) is 5.22. The first kappa shape index (κ1) is 25.1. The molecule has 4 heterocycles. The molecular weight excluding hydrogens is 576 g/mol. The molecule has 38 heavy (non-hydrogen) atoms. The standard InChI is InChI=1S/C27H24BrF2N5O2S/c1-15-25(38-26(31-15)16-4-6-21(29)22(30)11-16)27(36)34-9-2-3-19(34)13-18-14-35(33-32-18)23-8-10-37-24-7-5-17(28)12-20(23)24/h4-7,11-12,14,19,23H,2-3,8-10,13H2,1H3/t19?,23-/m0/s1. The van der Waals surface area contributed by atoms with E-state index in [9.17, 15) is 13.6 Å². The number of halogens is 3. The van der Waals surface area contributed by atoms with Crippen LogP contribution < -0.4 is 4.74 Å². The van der Waals surface area contributed by atoms with Crippen LogP contribution in [0.4, 0.5) is 8.78 Å². The van der Waals surface area contributed by atoms with Crippen molar-refractivity contribution in [1.29, 1.82) is 0 Å². The maximum Gasteiger partial charge on any atom is 0.266 e. The molecule has 0 saturated carbocycles. The van der Waals surface area contributed by atoms with Crippen molar-refractivity contribution in [2.45, 2.75) is 44.7 Å². The summed E-state index contributed by atoms with van der Waals surface area (Å²) in [6.45, 7) is 3.03. The molecule has 2 atom stereocenters. The minimum Gasteiger partial charge on any atom is -0.493 e. The van der Waals surface area contributed by atoms with E-state index in [2.05, 4.69) is 37.3 Å². The zero-order valence-corrected chi connectivity index (χ0v) is 22.9. The van der Waals surface area contributed by atoms with E-state index in [1.165, 1.54) is 17.4 Å². The first-order valence-electron chi connectivity index (χ1n) is 12.4. The number of nitrogens with zero attached hydrogens (tertiary/aromatic N) is 5. The van der Waals surface area contributed by atoms with Crippen LogP contribution in [-0.4, -0.2) is 50.0 Å². The van der Waals surface area contributed by atoms with Gasteiger partial charge in [0.25, 0.3) is 5.91 Å². The van der Waals surface area contributed by atoms with Crippen LogP contribution in [0.5, 0.6) is 5.75 Å². The number of aryl methyl sites for hydroxylation is 1. The van der Waals surface area contributed by atoms with Crippen molar-refractivity contribution in [1.82, 2.24) is 24.9 Å². The van der Waals surface area contributed by atoms with Crippen molar-refractivity contribution in [2.24, 2.45) is 0 Å². The highest BCUT2D eigenvalue weighted by Crippen LogP contribution is 2.36. The highest BCUT2D eigenvalue weighted by molar-refractivity contribution is 9.10. The van der Waals surface area contributed by atoms with Gasteiger partial charge in [-0.2, -0.15) is 0 Å². The topological polar surface area (TPSA) is 73.1 Å². The van der Waals surface area contributed by atoms with E-state index >= 15 is 0 Å². The van der Waals surface area contributed by atoms with Crippen LogP contribution >= 0.6 is 27.3 Å². The molecule has 2 aromatic heterocycles. The van der Waals surface area contributed by atoms with Crippen LogP contribution in [-0.2, 0) is 6.42 Å². The van der Waals surface area contributed by atoms with Gasteiger partial charge in [0.2, 0.25) is 0 Å². The second-order valence-electron chi connectivity index (χ2n) is 9.59. The molecule has 0 radical (unpaired) electrons. The molecule has 0 aliphatic carbocycles. The van der Waals surface area contributed by atoms with Crippen molar-refractivity contribution in [3.8, 4) is 16.3 Å². The number of amides is 1. The number of benzene rings is 2. The number of hydrogen-bond donors (Lipinski definition) is 0. The Morgan fingerprint density at radius 2 is 2.05 bits per heavy atom. The lowest BCUT2D eigenvalue weighted by Gasteiger charge is -2.26. The van der Waals surface area contributed by atoms with Crippen molar-refractivity contribution in [3.63, 3.8) is 0 Å². The predicted octanol–water partition coefficient (Wildman–Crippen LogP) is 5.97. The molecule has 7 nitrogen and oxygen atoms in total. The van der Waals surface area contributed by atoms with Crippen LogP contribution in [0.1, 0.15) is 51.9 Å². The Bertz CT molecular complexity index is 1520. The van der Waals surface area contributed by atoms with E-state index in [4.69, 9.17) is 4.74 Å². The molecule has 0 bridgehead atoms. The van der Waals surface area contributed by atoms with Gasteiger partial charge in [-0.05, 0) is 56.2 Å². The fourth-order valence-corrected chi connectivity index (χ4v) is 6.61. The SMILES string of the molecule is Cc1nc(-c2ccc(F)c(F)c2)sc1C(=O)N1CCCC1Cc1cn([C@H]2CCOc3ccc(Br)cc32)nn1. The van der Waals surface area contributed by atoms with Gasteiger partial charge < -0.3 is 9.64 Å². The van der Waals surface area contributed by atoms with E-state index in [0.29, 0.717) is 40.7 Å². The van der Waals surface area contributed by atoms with Gasteiger partial charge in [0.15, 0.2) is 11.6 Å². The number of ether oxygens (including phenoxy) is 1. The number of hydrogen-bond acceptors (Lipinski definition) is 6. The van der Waals surface area contributed by atoms with Crippen LogP contribution in [0.15, 0.2) is 47.1 Å². The third-order valence-electron chi connectivity index (χ3n) is 7.10. The molecular formula is C27H24BrF2N5O2S. The summed E-state index contributed by atoms with van der Waals surface area (Å²) >= 11 is 4.75. The van der Waals surface area contributed by atoms with Crippen molar-refractivity contribution < 1.29 is 18.3 Å². The zero-order chi connectivity index (χ0) is 26.4. The van der Waals surface area contributed by atoms with Crippen LogP contribution in [0.3, 0.4) is 0 Å². The molecule has 2 aliphatic heterocycles. The minimum atomic E-state index is -0.937. The summed E-state index contributed by atoms with van der Waals surface area (Å²) in [5.74, 6) is -1.08. The monoisotopic (exact) mass is 599 g/mol. The third kappa shape index (κ3) is 4.73. The lowest BCUT2D eigenvalue weighted by molar-refractivity contribution is 0.0740. The Balaban J connectivity index is 1.19. The summed E-state index contributed by atoms with van der Waals surface area (Å²) in [6, 6.07) is 9.68. The van der Waals surface area contributed by atoms with E-state index < -0.39 is 11.6 Å². The highest BCUT2D eigenvalue weighted by atomic mass is 79.9. The maximum atomic E-state index is 13.8. The second kappa shape index (κ2) is 10.2. The Morgan fingerprint density at radius 1 is 1.18 bits per heavy atom. The first-order chi connectivity index (χ1) is 18.4. The largest absolute Gasteiger partial charge is 0.493 e. The predicted molar refractivity (Wildman–Crippen MR) is 142 cm³/mol. The van der Waals surface area contributed by atoms with Crippen molar-refractivity contribution in [2.75, 3.05) is 13.2 Å². The normalized spacial score (nSPS) is 18.9. The zero-order valence-electron chi connectivity index (χ0n) is 20.5. The summed E-state index contributed by atoms with van der Waals surface area (Å²) < 4.78 is 35.8. The van der Waals surface area contributed by atoms with E-state index in [-0.39, 0.29) is 18.0 Å². The molecule has 196 valence electrons. The quantitative estimate of drug-likeness (QED) is 0.282. The minimum absolute atomic E-state index is 0.00279. The molecule has 6 rings (SSSR count). The van der Waals surface area contributed by atoms with Gasteiger partial charge in [0, 0.05) is 47.2 Å². The average Bonchev–Trinajstić information content (AvgIpc) is 3.65. The summed E-state index contributed by atoms with van der Waals surface area (Å²) in [5, 5.41) is 9.36. The molecule has 4 aromatic rings. The summed E-state index contributed by atoms with van der Waals surface area (Å²) in [5.41, 5.74) is 2.94. The summed E-state index contributed by atoms with van der Waals surface area (Å²) in [7, 11) is 0. The van der Waals surface area contributed by atoms with Crippen molar-refractivity contribution in [3.05, 3.63) is 80.5 Å². The molecule has 0 spiro atoms. The number of likely N-dealkylation sites (tertiary alicyclic amines) is 1. The molecule has 1 fully saturated rings. The van der Waals surface area contributed by atoms with E-state index in [0.717, 1.165) is 52.9 Å². The fraction of sp³-hybridized carbons (Fsp3) is 0.333. The average molecular weight is 600 g/mol. The molecule has 2 aromatic carbocycles. The summed E-state index contributed by atoms with van der Waals surface area (Å²) in [4.78, 5) is 20.4. The number of rotatable bonds is 5. The van der Waals surface area contributed by atoms with Crippen LogP contribution in [0.2, 0.25) is 0 Å². The Kier molecular flexibility index (Phi) is 6.73. The van der Waals surface area contributed by atoms with Gasteiger partial charge in [-0.25, -0.2) is 18.4 Å². The maximum absolute atomic E-state index is 13.8. The number of aromatic nitrogens is 4. The third-order valence-corrected chi connectivity index (χ3v) is 8.78. The lowest BCUT2D eigenvalue weighted by Crippen LogP contribution is -2.36. The lowest BCUT2D eigenvalue weighted by atomic mass is 10.0. The molecule has 2 aliphatic rings. The van der Waals surface area contributed by atoms with Gasteiger partial charge in [-0.15, -0.1) is 16.4 Å². The van der Waals surface area contributed by atoms with Gasteiger partial charge >= 0.3 is 0 Å². The van der Waals surface area contributed by atoms with E-state index in [1.54, 1.807) is 6.92 Å². The van der Waals surface area contributed by atoms with Crippen molar-refractivity contribution >= 4 is 33.2 Å². The van der Waals surface area contributed by atoms with Gasteiger partial charge in [-0.3, -0.25) is 4.79 Å². The number of carbonyl (C=O) groups excluding carboxylic acids is 1. The molecule has 0 N–H and O–H groups in total. The van der Waals surface area contributed by atoms with Gasteiger partial charge in [-0.1, -0.05) is 21.1 Å². The summed E-state index contributed by atoms with van der Waals surface area (Å²) in [6.07, 6.45) is 5.15. The number of carbonyl (C=O) groups is 1. The van der Waals surface area contributed by atoms with Gasteiger partial charge in [0.05, 0.1) is 24.0 Å². The van der Waals surface area contributed by atoms with Crippen LogP contribution in [0, 0.1) is 18.6 Å². The van der Waals surface area contributed by atoms with E-state index in [1.807, 2.05) is 27.9 Å². The molecule has 1 unspecified atom stereocenters. The number of thiazole rings is 1. The second-order valence-corrected chi connectivity index (χ2v) is 11.5. The Morgan fingerprint density at radius 3 is 2.89 bits per heavy atom. The highest BCUT2D eigenvalue weighted by Gasteiger charge is 2.33. The Labute approximate surface area is 230 Å². The molecule has 11 heteroatoms.